The summed E-state index contributed by atoms with van der Waals surface area (Å²) < 4.78 is 25.2. The Labute approximate surface area is 218 Å². The van der Waals surface area contributed by atoms with E-state index in [1.165, 1.54) is 12.1 Å². The van der Waals surface area contributed by atoms with Crippen LogP contribution < -0.4 is 11.1 Å². The van der Waals surface area contributed by atoms with Gasteiger partial charge in [0.2, 0.25) is 0 Å². The first-order chi connectivity index (χ1) is 18.5. The number of H-pyrrole nitrogens is 1. The Morgan fingerprint density at radius 2 is 1.97 bits per heavy atom. The molecule has 0 spiro atoms. The molecule has 0 saturated carbocycles. The van der Waals surface area contributed by atoms with Crippen LogP contribution >= 0.6 is 0 Å². The third-order valence-electron chi connectivity index (χ3n) is 7.01. The number of nitrogens with two attached hydrogens (primary N) is 1. The molecule has 38 heavy (non-hydrogen) atoms. The largest absolute Gasteiger partial charge is 0.487 e. The molecule has 0 radical (unpaired) electrons. The van der Waals surface area contributed by atoms with Crippen LogP contribution in [0.4, 0.5) is 10.1 Å². The van der Waals surface area contributed by atoms with Crippen LogP contribution in [0.25, 0.3) is 22.2 Å². The number of esters is 1. The molecule has 0 aliphatic carbocycles. The summed E-state index contributed by atoms with van der Waals surface area (Å²) in [6.45, 7) is 0.601. The van der Waals surface area contributed by atoms with E-state index in [0.717, 1.165) is 33.2 Å². The zero-order valence-electron chi connectivity index (χ0n) is 20.6. The van der Waals surface area contributed by atoms with E-state index in [9.17, 15) is 14.0 Å². The number of nitrogens with one attached hydrogen (secondary N) is 2. The second-order valence-corrected chi connectivity index (χ2v) is 9.57. The van der Waals surface area contributed by atoms with Gasteiger partial charge in [-0.2, -0.15) is 0 Å². The number of rotatable bonds is 7. The van der Waals surface area contributed by atoms with Crippen molar-refractivity contribution in [3.8, 4) is 0 Å². The number of aromatic amines is 1. The number of anilines is 1. The fraction of sp³-hybridized carbons (Fsp3) is 0.200. The van der Waals surface area contributed by atoms with Crippen LogP contribution in [0.2, 0.25) is 0 Å². The number of hydrogen-bond donors (Lipinski definition) is 3. The molecule has 1 aromatic heterocycles. The maximum absolute atomic E-state index is 13.8. The van der Waals surface area contributed by atoms with E-state index < -0.39 is 17.8 Å². The molecule has 0 bridgehead atoms. The molecule has 1 unspecified atom stereocenters. The lowest BCUT2D eigenvalue weighted by atomic mass is 9.98. The van der Waals surface area contributed by atoms with Crippen molar-refractivity contribution in [2.24, 2.45) is 5.73 Å². The minimum Gasteiger partial charge on any atom is -0.487 e. The first-order valence-electron chi connectivity index (χ1n) is 12.6. The lowest BCUT2D eigenvalue weighted by molar-refractivity contribution is -0.145. The highest BCUT2D eigenvalue weighted by Crippen LogP contribution is 2.42. The second kappa shape index (κ2) is 9.79. The number of aryl methyl sites for hydroxylation is 1. The van der Waals surface area contributed by atoms with Gasteiger partial charge < -0.3 is 25.5 Å². The maximum Gasteiger partial charge on any atom is 0.323 e. The zero-order chi connectivity index (χ0) is 26.2. The van der Waals surface area contributed by atoms with E-state index in [0.29, 0.717) is 48.5 Å². The quantitative estimate of drug-likeness (QED) is 0.189. The number of ether oxygens (including phenoxy) is 2. The zero-order valence-corrected chi connectivity index (χ0v) is 20.6. The highest BCUT2D eigenvalue weighted by molar-refractivity contribution is 6.36. The summed E-state index contributed by atoms with van der Waals surface area (Å²) in [4.78, 5) is 28.2. The van der Waals surface area contributed by atoms with Crippen molar-refractivity contribution in [3.05, 3.63) is 100 Å². The van der Waals surface area contributed by atoms with Crippen LogP contribution in [0.1, 0.15) is 34.2 Å². The number of carbonyl (C=O) groups excluding carboxylic acids is 2. The highest BCUT2D eigenvalue weighted by Gasteiger charge is 2.32. The SMILES string of the molecule is NC(Cc1c[nH]c2ccccc12)C(=O)OCCCc1ccc2c(c1)COC2=C1C(=O)Nc2ccc(F)cc21. The lowest BCUT2D eigenvalue weighted by Gasteiger charge is -2.11. The molecule has 6 rings (SSSR count). The van der Waals surface area contributed by atoms with E-state index in [2.05, 4.69) is 10.3 Å². The van der Waals surface area contributed by atoms with Crippen LogP contribution in [0.15, 0.2) is 66.9 Å². The smallest absolute Gasteiger partial charge is 0.323 e. The summed E-state index contributed by atoms with van der Waals surface area (Å²) in [7, 11) is 0. The van der Waals surface area contributed by atoms with Gasteiger partial charge in [-0.1, -0.05) is 36.4 Å². The Balaban J connectivity index is 1.06. The molecule has 3 aromatic carbocycles. The number of carbonyl (C=O) groups is 2. The third-order valence-corrected chi connectivity index (χ3v) is 7.01. The van der Waals surface area contributed by atoms with E-state index in [1.807, 2.05) is 48.7 Å². The molecule has 4 N–H and O–H groups in total. The molecule has 3 heterocycles. The molecule has 0 saturated heterocycles. The van der Waals surface area contributed by atoms with Gasteiger partial charge in [-0.25, -0.2) is 4.39 Å². The van der Waals surface area contributed by atoms with Crippen LogP contribution in [-0.2, 0) is 38.5 Å². The monoisotopic (exact) mass is 511 g/mol. The summed E-state index contributed by atoms with van der Waals surface area (Å²) in [5, 5.41) is 3.83. The van der Waals surface area contributed by atoms with Crippen LogP contribution in [-0.4, -0.2) is 29.5 Å². The van der Waals surface area contributed by atoms with Gasteiger partial charge in [-0.15, -0.1) is 0 Å². The van der Waals surface area contributed by atoms with Crippen molar-refractivity contribution < 1.29 is 23.5 Å². The predicted molar refractivity (Wildman–Crippen MR) is 142 cm³/mol. The molecule has 2 aliphatic heterocycles. The molecule has 4 aromatic rings. The van der Waals surface area contributed by atoms with Gasteiger partial charge in [0.1, 0.15) is 24.2 Å². The third kappa shape index (κ3) is 4.43. The number of amides is 1. The predicted octanol–water partition coefficient (Wildman–Crippen LogP) is 4.70. The Morgan fingerprint density at radius 1 is 1.11 bits per heavy atom. The normalized spacial score (nSPS) is 16.6. The molecular formula is C30H26FN3O4. The van der Waals surface area contributed by atoms with Gasteiger partial charge in [0.15, 0.2) is 0 Å². The first kappa shape index (κ1) is 23.9. The van der Waals surface area contributed by atoms with Gasteiger partial charge >= 0.3 is 5.97 Å². The average molecular weight is 512 g/mol. The maximum atomic E-state index is 13.8. The topological polar surface area (TPSA) is 106 Å². The number of para-hydroxylation sites is 1. The van der Waals surface area contributed by atoms with Crippen molar-refractivity contribution in [2.75, 3.05) is 11.9 Å². The minimum atomic E-state index is -0.732. The second-order valence-electron chi connectivity index (χ2n) is 9.57. The number of aromatic nitrogens is 1. The van der Waals surface area contributed by atoms with Gasteiger partial charge in [0.05, 0.1) is 12.2 Å². The molecule has 192 valence electrons. The lowest BCUT2D eigenvalue weighted by Crippen LogP contribution is -2.34. The molecular weight excluding hydrogens is 485 g/mol. The fourth-order valence-corrected chi connectivity index (χ4v) is 5.12. The number of benzene rings is 3. The van der Waals surface area contributed by atoms with Crippen LogP contribution in [0.3, 0.4) is 0 Å². The van der Waals surface area contributed by atoms with E-state index in [4.69, 9.17) is 15.2 Å². The summed E-state index contributed by atoms with van der Waals surface area (Å²) >= 11 is 0. The molecule has 0 fully saturated rings. The van der Waals surface area contributed by atoms with Gasteiger partial charge in [0, 0.05) is 45.9 Å². The van der Waals surface area contributed by atoms with Gasteiger partial charge in [-0.05, 0) is 48.2 Å². The van der Waals surface area contributed by atoms with Gasteiger partial charge in [0.25, 0.3) is 5.91 Å². The van der Waals surface area contributed by atoms with E-state index in [1.54, 1.807) is 6.07 Å². The molecule has 1 amide bonds. The Kier molecular flexibility index (Phi) is 6.17. The van der Waals surface area contributed by atoms with Crippen molar-refractivity contribution in [1.82, 2.24) is 4.98 Å². The number of halogens is 1. The highest BCUT2D eigenvalue weighted by atomic mass is 19.1. The minimum absolute atomic E-state index is 0.270. The summed E-state index contributed by atoms with van der Waals surface area (Å²) in [6, 6.07) is 17.3. The van der Waals surface area contributed by atoms with Gasteiger partial charge in [-0.3, -0.25) is 9.59 Å². The van der Waals surface area contributed by atoms with Crippen molar-refractivity contribution >= 4 is 39.8 Å². The molecule has 1 atom stereocenters. The Bertz CT molecular complexity index is 1610. The standard InChI is InChI=1S/C30H26FN3O4/c31-20-8-10-26-23(14-20)27(29(35)34-26)28-22-9-7-17(12-19(22)16-38-28)4-3-11-37-30(36)24(32)13-18-15-33-25-6-2-1-5-21(18)25/h1-2,5-10,12,14-15,24,33H,3-4,11,13,16,32H2,(H,34,35). The summed E-state index contributed by atoms with van der Waals surface area (Å²) in [5.41, 5.74) is 12.4. The van der Waals surface area contributed by atoms with Crippen molar-refractivity contribution in [2.45, 2.75) is 31.9 Å². The van der Waals surface area contributed by atoms with Crippen molar-refractivity contribution in [1.29, 1.82) is 0 Å². The number of hydrogen-bond acceptors (Lipinski definition) is 5. The van der Waals surface area contributed by atoms with Crippen LogP contribution in [0.5, 0.6) is 0 Å². The van der Waals surface area contributed by atoms with Crippen molar-refractivity contribution in [3.63, 3.8) is 0 Å². The molecule has 7 nitrogen and oxygen atoms in total. The summed E-state index contributed by atoms with van der Waals surface area (Å²) in [5.74, 6) is -0.666. The first-order valence-corrected chi connectivity index (χ1v) is 12.6. The fourth-order valence-electron chi connectivity index (χ4n) is 5.12. The van der Waals surface area contributed by atoms with Crippen LogP contribution in [0, 0.1) is 5.82 Å². The number of fused-ring (bicyclic) bond motifs is 3. The average Bonchev–Trinajstić information content (AvgIpc) is 3.60. The Morgan fingerprint density at radius 3 is 2.87 bits per heavy atom. The summed E-state index contributed by atoms with van der Waals surface area (Å²) in [6.07, 6.45) is 3.64. The molecule has 8 heteroatoms. The van der Waals surface area contributed by atoms with E-state index >= 15 is 0 Å². The Hall–Kier alpha value is -4.43. The molecule has 2 aliphatic rings. The van der Waals surface area contributed by atoms with E-state index in [-0.39, 0.29) is 12.5 Å².